The summed E-state index contributed by atoms with van der Waals surface area (Å²) in [6.45, 7) is 0.674. The lowest BCUT2D eigenvalue weighted by Crippen LogP contribution is -2.26. The summed E-state index contributed by atoms with van der Waals surface area (Å²) in [5.74, 6) is 1.11. The Morgan fingerprint density at radius 1 is 1.20 bits per heavy atom. The topological polar surface area (TPSA) is 50.3 Å². The molecule has 3 rings (SSSR count). The Kier molecular flexibility index (Phi) is 5.57. The van der Waals surface area contributed by atoms with Crippen LogP contribution in [0, 0.1) is 5.82 Å². The van der Waals surface area contributed by atoms with Crippen LogP contribution >= 0.6 is 11.3 Å². The number of hydrogen-bond donors (Lipinski definition) is 1. The second-order valence-electron chi connectivity index (χ2n) is 5.65. The van der Waals surface area contributed by atoms with E-state index in [9.17, 15) is 4.39 Å². The van der Waals surface area contributed by atoms with Gasteiger partial charge < -0.3 is 15.0 Å². The van der Waals surface area contributed by atoms with Crippen molar-refractivity contribution < 1.29 is 9.13 Å². The lowest BCUT2D eigenvalue weighted by molar-refractivity contribution is 0.315. The molecule has 3 aromatic rings. The fourth-order valence-corrected chi connectivity index (χ4v) is 3.24. The van der Waals surface area contributed by atoms with Gasteiger partial charge in [0.1, 0.15) is 11.6 Å². The molecule has 0 fully saturated rings. The molecule has 0 bridgehead atoms. The lowest BCUT2D eigenvalue weighted by Gasteiger charge is -2.23. The number of thiophene rings is 1. The molecule has 0 spiro atoms. The summed E-state index contributed by atoms with van der Waals surface area (Å²) in [4.78, 5) is 12.0. The van der Waals surface area contributed by atoms with E-state index in [-0.39, 0.29) is 11.9 Å². The van der Waals surface area contributed by atoms with Gasteiger partial charge in [-0.25, -0.2) is 9.37 Å². The monoisotopic (exact) mass is 358 g/mol. The largest absolute Gasteiger partial charge is 0.439 e. The Labute approximate surface area is 150 Å². The van der Waals surface area contributed by atoms with Crippen LogP contribution in [0.15, 0.2) is 54.0 Å². The summed E-state index contributed by atoms with van der Waals surface area (Å²) in [5, 5.41) is 5.32. The van der Waals surface area contributed by atoms with Crippen molar-refractivity contribution in [2.75, 3.05) is 26.0 Å². The molecule has 0 amide bonds. The molecule has 5 nitrogen and oxygen atoms in total. The van der Waals surface area contributed by atoms with Gasteiger partial charge in [0.25, 0.3) is 0 Å². The van der Waals surface area contributed by atoms with Crippen molar-refractivity contribution in [3.05, 3.63) is 64.7 Å². The van der Waals surface area contributed by atoms with Crippen molar-refractivity contribution in [3.63, 3.8) is 0 Å². The van der Waals surface area contributed by atoms with Gasteiger partial charge in [0, 0.05) is 23.7 Å². The average molecular weight is 358 g/mol. The molecule has 0 saturated heterocycles. The molecule has 0 aliphatic heterocycles. The highest BCUT2D eigenvalue weighted by atomic mass is 32.1. The van der Waals surface area contributed by atoms with Crippen molar-refractivity contribution in [2.45, 2.75) is 6.04 Å². The number of likely N-dealkylation sites (N-methyl/N-ethyl adjacent to an activating group) is 1. The summed E-state index contributed by atoms with van der Waals surface area (Å²) in [7, 11) is 4.09. The summed E-state index contributed by atoms with van der Waals surface area (Å²) in [6, 6.07) is 11.9. The van der Waals surface area contributed by atoms with Gasteiger partial charge in [-0.15, -0.1) is 11.3 Å². The van der Waals surface area contributed by atoms with Gasteiger partial charge in [0.15, 0.2) is 0 Å². The number of hydrogen-bond acceptors (Lipinski definition) is 6. The molecule has 0 aliphatic carbocycles. The number of anilines is 1. The SMILES string of the molecule is CN(C)C(CNc1nccc(Oc2ccc(F)cc2)n1)c1cccs1. The highest BCUT2D eigenvalue weighted by Gasteiger charge is 2.15. The predicted octanol–water partition coefficient (Wildman–Crippen LogP) is 4.18. The number of aromatic nitrogens is 2. The Morgan fingerprint density at radius 3 is 2.68 bits per heavy atom. The van der Waals surface area contributed by atoms with Crippen LogP contribution in [-0.4, -0.2) is 35.5 Å². The smallest absolute Gasteiger partial charge is 0.226 e. The number of ether oxygens (including phenoxy) is 1. The average Bonchev–Trinajstić information content (AvgIpc) is 3.11. The highest BCUT2D eigenvalue weighted by Crippen LogP contribution is 2.24. The van der Waals surface area contributed by atoms with Crippen LogP contribution < -0.4 is 10.1 Å². The van der Waals surface area contributed by atoms with Gasteiger partial charge in [-0.2, -0.15) is 4.98 Å². The first kappa shape index (κ1) is 17.3. The van der Waals surface area contributed by atoms with Crippen LogP contribution in [0.4, 0.5) is 10.3 Å². The molecule has 0 saturated carbocycles. The lowest BCUT2D eigenvalue weighted by atomic mass is 10.2. The first-order chi connectivity index (χ1) is 12.1. The van der Waals surface area contributed by atoms with Gasteiger partial charge in [-0.1, -0.05) is 6.07 Å². The standard InChI is InChI=1S/C18H19FN4OS/c1-23(2)15(16-4-3-11-25-16)12-21-18-20-10-9-17(22-18)24-14-7-5-13(19)6-8-14/h3-11,15H,12H2,1-2H3,(H,20,21,22). The molecule has 1 N–H and O–H groups in total. The van der Waals surface area contributed by atoms with Crippen LogP contribution in [-0.2, 0) is 0 Å². The second kappa shape index (κ2) is 8.04. The van der Waals surface area contributed by atoms with Gasteiger partial charge in [-0.3, -0.25) is 0 Å². The molecular formula is C18H19FN4OS. The van der Waals surface area contributed by atoms with Crippen LogP contribution in [0.1, 0.15) is 10.9 Å². The van der Waals surface area contributed by atoms with Crippen molar-refractivity contribution in [2.24, 2.45) is 0 Å². The van der Waals surface area contributed by atoms with Crippen molar-refractivity contribution in [1.82, 2.24) is 14.9 Å². The molecule has 2 heterocycles. The van der Waals surface area contributed by atoms with E-state index in [1.54, 1.807) is 35.7 Å². The zero-order valence-corrected chi connectivity index (χ0v) is 14.8. The van der Waals surface area contributed by atoms with Crippen LogP contribution in [0.2, 0.25) is 0 Å². The van der Waals surface area contributed by atoms with E-state index in [2.05, 4.69) is 31.6 Å². The van der Waals surface area contributed by atoms with E-state index in [1.165, 1.54) is 17.0 Å². The summed E-state index contributed by atoms with van der Waals surface area (Å²) in [5.41, 5.74) is 0. The number of nitrogens with zero attached hydrogens (tertiary/aromatic N) is 3. The number of halogens is 1. The normalized spacial score (nSPS) is 12.2. The maximum Gasteiger partial charge on any atom is 0.226 e. The predicted molar refractivity (Wildman–Crippen MR) is 97.7 cm³/mol. The number of benzene rings is 1. The Balaban J connectivity index is 1.66. The fourth-order valence-electron chi connectivity index (χ4n) is 2.31. The third-order valence-electron chi connectivity index (χ3n) is 3.61. The van der Waals surface area contributed by atoms with Crippen LogP contribution in [0.3, 0.4) is 0 Å². The van der Waals surface area contributed by atoms with Crippen LogP contribution in [0.5, 0.6) is 11.6 Å². The molecule has 2 aromatic heterocycles. The summed E-state index contributed by atoms with van der Waals surface area (Å²) < 4.78 is 18.6. The van der Waals surface area contributed by atoms with E-state index in [1.807, 2.05) is 20.2 Å². The molecule has 1 unspecified atom stereocenters. The Hall–Kier alpha value is -2.51. The maximum absolute atomic E-state index is 13.0. The molecule has 1 aromatic carbocycles. The second-order valence-corrected chi connectivity index (χ2v) is 6.63. The van der Waals surface area contributed by atoms with Crippen molar-refractivity contribution in [1.29, 1.82) is 0 Å². The fraction of sp³-hybridized carbons (Fsp3) is 0.222. The van der Waals surface area contributed by atoms with E-state index < -0.39 is 0 Å². The zero-order valence-electron chi connectivity index (χ0n) is 14.0. The molecule has 1 atom stereocenters. The molecule has 0 radical (unpaired) electrons. The van der Waals surface area contributed by atoms with Gasteiger partial charge in [0.05, 0.1) is 6.04 Å². The minimum absolute atomic E-state index is 0.227. The zero-order chi connectivity index (χ0) is 17.6. The van der Waals surface area contributed by atoms with Crippen LogP contribution in [0.25, 0.3) is 0 Å². The summed E-state index contributed by atoms with van der Waals surface area (Å²) in [6.07, 6.45) is 1.63. The van der Waals surface area contributed by atoms with E-state index in [4.69, 9.17) is 4.74 Å². The third-order valence-corrected chi connectivity index (χ3v) is 4.59. The molecule has 7 heteroatoms. The minimum atomic E-state index is -0.305. The van der Waals surface area contributed by atoms with Crippen molar-refractivity contribution in [3.8, 4) is 11.6 Å². The molecular weight excluding hydrogens is 339 g/mol. The first-order valence-electron chi connectivity index (χ1n) is 7.82. The third kappa shape index (κ3) is 4.74. The number of rotatable bonds is 7. The molecule has 0 aliphatic rings. The Morgan fingerprint density at radius 2 is 2.00 bits per heavy atom. The van der Waals surface area contributed by atoms with Gasteiger partial charge >= 0.3 is 0 Å². The maximum atomic E-state index is 13.0. The summed E-state index contributed by atoms with van der Waals surface area (Å²) >= 11 is 1.72. The molecule has 25 heavy (non-hydrogen) atoms. The minimum Gasteiger partial charge on any atom is -0.439 e. The quantitative estimate of drug-likeness (QED) is 0.686. The van der Waals surface area contributed by atoms with Gasteiger partial charge in [0.2, 0.25) is 11.8 Å². The van der Waals surface area contributed by atoms with Gasteiger partial charge in [-0.05, 0) is 49.8 Å². The highest BCUT2D eigenvalue weighted by molar-refractivity contribution is 7.10. The van der Waals surface area contributed by atoms with Crippen molar-refractivity contribution >= 4 is 17.3 Å². The number of nitrogens with one attached hydrogen (secondary N) is 1. The molecule has 130 valence electrons. The Bertz CT molecular complexity index is 793. The van der Waals surface area contributed by atoms with E-state index in [0.29, 0.717) is 24.1 Å². The first-order valence-corrected chi connectivity index (χ1v) is 8.70. The van der Waals surface area contributed by atoms with E-state index >= 15 is 0 Å². The van der Waals surface area contributed by atoms with E-state index in [0.717, 1.165) is 0 Å².